The van der Waals surface area contributed by atoms with Crippen LogP contribution in [0.1, 0.15) is 26.2 Å². The van der Waals surface area contributed by atoms with E-state index < -0.39 is 0 Å². The summed E-state index contributed by atoms with van der Waals surface area (Å²) in [5, 5.41) is 0. The molecule has 2 unspecified atom stereocenters. The average molecular weight is 159 g/mol. The van der Waals surface area contributed by atoms with Gasteiger partial charge in [-0.3, -0.25) is 0 Å². The molecule has 1 fully saturated rings. The zero-order valence-corrected chi connectivity index (χ0v) is 7.08. The minimum Gasteiger partial charge on any atom is -0.353 e. The molecule has 2 atom stereocenters. The molecule has 0 aromatic heterocycles. The maximum absolute atomic E-state index is 5.53. The molecule has 0 saturated carbocycles. The van der Waals surface area contributed by atoms with Gasteiger partial charge in [0.05, 0.1) is 6.61 Å². The highest BCUT2D eigenvalue weighted by molar-refractivity contribution is 4.56. The third-order valence-electron chi connectivity index (χ3n) is 1.68. The topological polar surface area (TPSA) is 44.5 Å². The van der Waals surface area contributed by atoms with E-state index in [2.05, 4.69) is 0 Å². The second-order valence-electron chi connectivity index (χ2n) is 3.11. The lowest BCUT2D eigenvalue weighted by molar-refractivity contribution is -0.164. The van der Waals surface area contributed by atoms with Gasteiger partial charge in [-0.05, 0) is 26.2 Å². The van der Waals surface area contributed by atoms with Crippen molar-refractivity contribution in [1.29, 1.82) is 0 Å². The maximum Gasteiger partial charge on any atom is 0.157 e. The van der Waals surface area contributed by atoms with E-state index in [0.29, 0.717) is 6.61 Å². The van der Waals surface area contributed by atoms with Crippen LogP contribution in [0.15, 0.2) is 0 Å². The van der Waals surface area contributed by atoms with Gasteiger partial charge in [0, 0.05) is 12.6 Å². The van der Waals surface area contributed by atoms with Crippen LogP contribution in [0.2, 0.25) is 0 Å². The molecule has 0 aromatic carbocycles. The third kappa shape index (κ3) is 3.70. The highest BCUT2D eigenvalue weighted by Crippen LogP contribution is 2.13. The van der Waals surface area contributed by atoms with E-state index >= 15 is 0 Å². The molecule has 66 valence electrons. The Hall–Kier alpha value is -0.120. The molecule has 2 N–H and O–H groups in total. The summed E-state index contributed by atoms with van der Waals surface area (Å²) in [7, 11) is 0. The van der Waals surface area contributed by atoms with Crippen LogP contribution in [0, 0.1) is 0 Å². The largest absolute Gasteiger partial charge is 0.353 e. The van der Waals surface area contributed by atoms with Gasteiger partial charge in [0.25, 0.3) is 0 Å². The fraction of sp³-hybridized carbons (Fsp3) is 1.00. The Balaban J connectivity index is 2.05. The van der Waals surface area contributed by atoms with Crippen molar-refractivity contribution in [3.8, 4) is 0 Å². The predicted molar refractivity (Wildman–Crippen MR) is 43.2 cm³/mol. The Morgan fingerprint density at radius 3 is 3.00 bits per heavy atom. The van der Waals surface area contributed by atoms with Gasteiger partial charge in [0.2, 0.25) is 0 Å². The van der Waals surface area contributed by atoms with E-state index in [0.717, 1.165) is 19.4 Å². The number of rotatable bonds is 3. The fourth-order valence-electron chi connectivity index (χ4n) is 1.10. The van der Waals surface area contributed by atoms with Crippen LogP contribution in [0.5, 0.6) is 0 Å². The van der Waals surface area contributed by atoms with Gasteiger partial charge < -0.3 is 15.2 Å². The zero-order valence-electron chi connectivity index (χ0n) is 7.08. The number of hydrogen-bond acceptors (Lipinski definition) is 3. The van der Waals surface area contributed by atoms with Crippen molar-refractivity contribution in [2.24, 2.45) is 5.73 Å². The summed E-state index contributed by atoms with van der Waals surface area (Å²) in [4.78, 5) is 0. The predicted octanol–water partition coefficient (Wildman–Crippen LogP) is 0.877. The molecule has 0 bridgehead atoms. The normalized spacial score (nSPS) is 28.4. The third-order valence-corrected chi connectivity index (χ3v) is 1.68. The Bertz CT molecular complexity index is 100. The molecule has 0 spiro atoms. The minimum atomic E-state index is 0.00903. The van der Waals surface area contributed by atoms with Gasteiger partial charge in [0.15, 0.2) is 6.29 Å². The molecule has 3 nitrogen and oxygen atoms in total. The Morgan fingerprint density at radius 2 is 2.45 bits per heavy atom. The molecule has 0 amide bonds. The highest BCUT2D eigenvalue weighted by atomic mass is 16.7. The van der Waals surface area contributed by atoms with Crippen LogP contribution in [-0.4, -0.2) is 25.5 Å². The Kier molecular flexibility index (Phi) is 3.83. The van der Waals surface area contributed by atoms with E-state index in [-0.39, 0.29) is 12.3 Å². The summed E-state index contributed by atoms with van der Waals surface area (Å²) in [5.41, 5.74) is 5.53. The van der Waals surface area contributed by atoms with E-state index in [1.165, 1.54) is 6.42 Å². The van der Waals surface area contributed by atoms with Gasteiger partial charge in [0.1, 0.15) is 0 Å². The summed E-state index contributed by atoms with van der Waals surface area (Å²) in [6, 6.07) is 0.112. The first-order valence-electron chi connectivity index (χ1n) is 4.28. The molecule has 0 aliphatic carbocycles. The lowest BCUT2D eigenvalue weighted by Crippen LogP contribution is -2.29. The summed E-state index contributed by atoms with van der Waals surface area (Å²) < 4.78 is 10.7. The fourth-order valence-corrected chi connectivity index (χ4v) is 1.10. The monoisotopic (exact) mass is 159 g/mol. The van der Waals surface area contributed by atoms with E-state index in [1.54, 1.807) is 0 Å². The van der Waals surface area contributed by atoms with Crippen molar-refractivity contribution in [3.05, 3.63) is 0 Å². The quantitative estimate of drug-likeness (QED) is 0.664. The molecule has 1 saturated heterocycles. The van der Waals surface area contributed by atoms with Gasteiger partial charge >= 0.3 is 0 Å². The summed E-state index contributed by atoms with van der Waals surface area (Å²) >= 11 is 0. The second kappa shape index (κ2) is 4.70. The van der Waals surface area contributed by atoms with Crippen LogP contribution < -0.4 is 5.73 Å². The van der Waals surface area contributed by atoms with Crippen molar-refractivity contribution < 1.29 is 9.47 Å². The Labute approximate surface area is 67.9 Å². The molecule has 1 rings (SSSR count). The lowest BCUT2D eigenvalue weighted by atomic mass is 10.2. The zero-order chi connectivity index (χ0) is 8.10. The first-order valence-corrected chi connectivity index (χ1v) is 4.28. The SMILES string of the molecule is CC(N)COC1CCCCO1. The first kappa shape index (κ1) is 8.97. The van der Waals surface area contributed by atoms with Crippen molar-refractivity contribution in [2.75, 3.05) is 13.2 Å². The molecule has 11 heavy (non-hydrogen) atoms. The molecule has 1 aliphatic heterocycles. The summed E-state index contributed by atoms with van der Waals surface area (Å²) in [6.07, 6.45) is 3.41. The van der Waals surface area contributed by atoms with Crippen LogP contribution in [-0.2, 0) is 9.47 Å². The van der Waals surface area contributed by atoms with Crippen molar-refractivity contribution in [1.82, 2.24) is 0 Å². The van der Waals surface area contributed by atoms with E-state index in [1.807, 2.05) is 6.92 Å². The molecule has 1 aliphatic rings. The van der Waals surface area contributed by atoms with Gasteiger partial charge in [-0.2, -0.15) is 0 Å². The van der Waals surface area contributed by atoms with Crippen molar-refractivity contribution in [2.45, 2.75) is 38.5 Å². The summed E-state index contributed by atoms with van der Waals surface area (Å²) in [5.74, 6) is 0. The molecule has 0 radical (unpaired) electrons. The van der Waals surface area contributed by atoms with Gasteiger partial charge in [-0.25, -0.2) is 0 Å². The number of nitrogens with two attached hydrogens (primary N) is 1. The summed E-state index contributed by atoms with van der Waals surface area (Å²) in [6.45, 7) is 3.37. The standard InChI is InChI=1S/C8H17NO2/c1-7(9)6-11-8-4-2-3-5-10-8/h7-8H,2-6,9H2,1H3. The van der Waals surface area contributed by atoms with Crippen LogP contribution >= 0.6 is 0 Å². The van der Waals surface area contributed by atoms with Crippen LogP contribution in [0.25, 0.3) is 0 Å². The van der Waals surface area contributed by atoms with Crippen LogP contribution in [0.4, 0.5) is 0 Å². The smallest absolute Gasteiger partial charge is 0.157 e. The highest BCUT2D eigenvalue weighted by Gasteiger charge is 2.13. The van der Waals surface area contributed by atoms with Crippen molar-refractivity contribution in [3.63, 3.8) is 0 Å². The molecule has 3 heteroatoms. The van der Waals surface area contributed by atoms with Crippen LogP contribution in [0.3, 0.4) is 0 Å². The molecular formula is C8H17NO2. The average Bonchev–Trinajstić information content (AvgIpc) is 2.03. The number of ether oxygens (including phenoxy) is 2. The maximum atomic E-state index is 5.53. The lowest BCUT2D eigenvalue weighted by Gasteiger charge is -2.23. The minimum absolute atomic E-state index is 0.00903. The second-order valence-corrected chi connectivity index (χ2v) is 3.11. The molecule has 1 heterocycles. The molecular weight excluding hydrogens is 142 g/mol. The van der Waals surface area contributed by atoms with E-state index in [9.17, 15) is 0 Å². The first-order chi connectivity index (χ1) is 5.29. The van der Waals surface area contributed by atoms with E-state index in [4.69, 9.17) is 15.2 Å². The van der Waals surface area contributed by atoms with Crippen molar-refractivity contribution >= 4 is 0 Å². The Morgan fingerprint density at radius 1 is 1.64 bits per heavy atom. The van der Waals surface area contributed by atoms with Gasteiger partial charge in [-0.1, -0.05) is 0 Å². The molecule has 0 aromatic rings. The van der Waals surface area contributed by atoms with Gasteiger partial charge in [-0.15, -0.1) is 0 Å². The number of hydrogen-bond donors (Lipinski definition) is 1.